The van der Waals surface area contributed by atoms with E-state index in [-0.39, 0.29) is 43.0 Å². The first-order valence-electron chi connectivity index (χ1n) is 18.7. The number of ketones is 1. The number of hydrogen-bond donors (Lipinski definition) is 3. The highest BCUT2D eigenvalue weighted by Crippen LogP contribution is 2.34. The van der Waals surface area contributed by atoms with E-state index in [2.05, 4.69) is 20.8 Å². The molecule has 3 N–H and O–H groups in total. The van der Waals surface area contributed by atoms with E-state index in [4.69, 9.17) is 9.47 Å². The molecule has 0 aliphatic heterocycles. The van der Waals surface area contributed by atoms with Gasteiger partial charge in [0.15, 0.2) is 6.10 Å². The van der Waals surface area contributed by atoms with Crippen molar-refractivity contribution in [2.75, 3.05) is 13.2 Å². The van der Waals surface area contributed by atoms with Gasteiger partial charge in [-0.15, -0.1) is 0 Å². The van der Waals surface area contributed by atoms with Crippen LogP contribution in [0.4, 0.5) is 0 Å². The summed E-state index contributed by atoms with van der Waals surface area (Å²) >= 11 is 0. The molecule has 1 aliphatic rings. The van der Waals surface area contributed by atoms with Gasteiger partial charge in [-0.1, -0.05) is 129 Å². The molecule has 1 fully saturated rings. The molecule has 0 aromatic rings. The molecule has 0 aromatic carbocycles. The Hall–Kier alpha value is -1.77. The molecule has 0 bridgehead atoms. The van der Waals surface area contributed by atoms with Gasteiger partial charge in [0.05, 0.1) is 18.8 Å². The first-order chi connectivity index (χ1) is 22.2. The number of carbonyl (C=O) groups excluding carboxylic acids is 3. The zero-order chi connectivity index (χ0) is 34.0. The summed E-state index contributed by atoms with van der Waals surface area (Å²) in [5.74, 6) is -0.359. The lowest BCUT2D eigenvalue weighted by Crippen LogP contribution is -2.28. The fourth-order valence-electron chi connectivity index (χ4n) is 6.20. The zero-order valence-electron chi connectivity index (χ0n) is 29.5. The number of aliphatic hydroxyl groups excluding tert-OH is 3. The molecule has 1 unspecified atom stereocenters. The highest BCUT2D eigenvalue weighted by molar-refractivity contribution is 5.86. The van der Waals surface area contributed by atoms with Crippen LogP contribution in [0.5, 0.6) is 0 Å². The second-order valence-electron chi connectivity index (χ2n) is 13.7. The van der Waals surface area contributed by atoms with E-state index in [9.17, 15) is 29.7 Å². The molecule has 1 aliphatic carbocycles. The number of ether oxygens (including phenoxy) is 2. The number of esters is 2. The Morgan fingerprint density at radius 3 is 2.07 bits per heavy atom. The molecule has 0 radical (unpaired) electrons. The zero-order valence-corrected chi connectivity index (χ0v) is 29.5. The molecular formula is C38H68O8. The molecule has 8 nitrogen and oxygen atoms in total. The standard InChI is InChI=1S/C38H68O8/c1-4-6-15-21-31(40)25-26-34-33(35(41)27-36(34)42)22-17-13-14-19-24-38(44)46-32(28-39)29-45-37(43)23-18-12-10-8-7-9-11-16-20-30(3)5-2/h25-26,30-35,39-41H,4-24,27-29H2,1-3H3/b26-25+/t30?,31-,32-,33+,34+,35-/m0/s1. The topological polar surface area (TPSA) is 130 Å². The van der Waals surface area contributed by atoms with Gasteiger partial charge in [-0.05, 0) is 37.5 Å². The molecular weight excluding hydrogens is 584 g/mol. The number of rotatable bonds is 29. The Labute approximate surface area is 280 Å². The monoisotopic (exact) mass is 652 g/mol. The molecule has 1 saturated carbocycles. The Morgan fingerprint density at radius 1 is 0.848 bits per heavy atom. The number of Topliss-reactive ketones (excluding diaryl/α,β-unsaturated/α-hetero) is 1. The fraction of sp³-hybridized carbons (Fsp3) is 0.868. The van der Waals surface area contributed by atoms with Gasteiger partial charge in [-0.3, -0.25) is 14.4 Å². The van der Waals surface area contributed by atoms with Crippen LogP contribution in [-0.2, 0) is 23.9 Å². The largest absolute Gasteiger partial charge is 0.462 e. The minimum atomic E-state index is -0.853. The third-order valence-electron chi connectivity index (χ3n) is 9.51. The highest BCUT2D eigenvalue weighted by atomic mass is 16.6. The maximum atomic E-state index is 12.4. The van der Waals surface area contributed by atoms with E-state index >= 15 is 0 Å². The van der Waals surface area contributed by atoms with Crippen LogP contribution in [0.3, 0.4) is 0 Å². The summed E-state index contributed by atoms with van der Waals surface area (Å²) in [4.78, 5) is 36.8. The lowest BCUT2D eigenvalue weighted by atomic mass is 9.88. The highest BCUT2D eigenvalue weighted by Gasteiger charge is 2.39. The second-order valence-corrected chi connectivity index (χ2v) is 13.7. The van der Waals surface area contributed by atoms with Crippen molar-refractivity contribution in [3.8, 4) is 0 Å². The molecule has 0 saturated heterocycles. The summed E-state index contributed by atoms with van der Waals surface area (Å²) in [5, 5.41) is 30.2. The number of unbranched alkanes of at least 4 members (excludes halogenated alkanes) is 12. The van der Waals surface area contributed by atoms with E-state index in [1.807, 2.05) is 0 Å². The second kappa shape index (κ2) is 27.2. The van der Waals surface area contributed by atoms with Gasteiger partial charge in [0.25, 0.3) is 0 Å². The van der Waals surface area contributed by atoms with E-state index in [1.165, 1.54) is 44.9 Å². The van der Waals surface area contributed by atoms with Gasteiger partial charge in [0.2, 0.25) is 0 Å². The lowest BCUT2D eigenvalue weighted by Gasteiger charge is -2.19. The Kier molecular flexibility index (Phi) is 25.0. The minimum absolute atomic E-state index is 0.0326. The first-order valence-corrected chi connectivity index (χ1v) is 18.7. The molecule has 46 heavy (non-hydrogen) atoms. The van der Waals surface area contributed by atoms with Crippen LogP contribution in [0.1, 0.15) is 162 Å². The summed E-state index contributed by atoms with van der Waals surface area (Å²) in [7, 11) is 0. The van der Waals surface area contributed by atoms with Crippen LogP contribution in [0.2, 0.25) is 0 Å². The molecule has 0 heterocycles. The molecule has 0 amide bonds. The summed E-state index contributed by atoms with van der Waals surface area (Å²) in [6.45, 7) is 6.16. The van der Waals surface area contributed by atoms with Crippen LogP contribution < -0.4 is 0 Å². The quantitative estimate of drug-likeness (QED) is 0.0424. The van der Waals surface area contributed by atoms with Crippen molar-refractivity contribution in [1.29, 1.82) is 0 Å². The van der Waals surface area contributed by atoms with Gasteiger partial charge in [-0.2, -0.15) is 0 Å². The normalized spacial score (nSPS) is 20.2. The number of carbonyl (C=O) groups is 3. The molecule has 0 spiro atoms. The van der Waals surface area contributed by atoms with Crippen molar-refractivity contribution >= 4 is 17.7 Å². The maximum Gasteiger partial charge on any atom is 0.306 e. The first kappa shape index (κ1) is 42.3. The number of allylic oxidation sites excluding steroid dienone is 1. The van der Waals surface area contributed by atoms with Gasteiger partial charge in [0, 0.05) is 25.2 Å². The molecule has 1 rings (SSSR count). The molecule has 0 aromatic heterocycles. The summed E-state index contributed by atoms with van der Waals surface area (Å²) < 4.78 is 10.5. The summed E-state index contributed by atoms with van der Waals surface area (Å²) in [5.41, 5.74) is 0. The minimum Gasteiger partial charge on any atom is -0.462 e. The van der Waals surface area contributed by atoms with Crippen molar-refractivity contribution in [2.45, 2.75) is 180 Å². The van der Waals surface area contributed by atoms with Crippen molar-refractivity contribution in [3.63, 3.8) is 0 Å². The number of aliphatic hydroxyl groups is 3. The number of hydrogen-bond acceptors (Lipinski definition) is 8. The van der Waals surface area contributed by atoms with Crippen LogP contribution in [0.15, 0.2) is 12.2 Å². The van der Waals surface area contributed by atoms with Crippen molar-refractivity contribution in [1.82, 2.24) is 0 Å². The summed E-state index contributed by atoms with van der Waals surface area (Å²) in [6, 6.07) is 0. The van der Waals surface area contributed by atoms with Gasteiger partial charge < -0.3 is 24.8 Å². The van der Waals surface area contributed by atoms with E-state index in [0.29, 0.717) is 19.3 Å². The van der Waals surface area contributed by atoms with Crippen LogP contribution in [-0.4, -0.2) is 64.6 Å². The molecule has 268 valence electrons. The van der Waals surface area contributed by atoms with Gasteiger partial charge in [-0.25, -0.2) is 0 Å². The lowest BCUT2D eigenvalue weighted by molar-refractivity contribution is -0.161. The third-order valence-corrected chi connectivity index (χ3v) is 9.51. The van der Waals surface area contributed by atoms with Crippen LogP contribution >= 0.6 is 0 Å². The average Bonchev–Trinajstić information content (AvgIpc) is 3.31. The van der Waals surface area contributed by atoms with E-state index in [1.54, 1.807) is 12.2 Å². The SMILES string of the molecule is CCCCC[C@H](O)/C=C/[C@H]1C(=O)C[C@H](O)[C@@H]1CCCCCCC(=O)O[C@@H](CO)COC(=O)CCCCCCCCCCC(C)CC. The van der Waals surface area contributed by atoms with E-state index < -0.39 is 30.9 Å². The average molecular weight is 653 g/mol. The Bertz CT molecular complexity index is 828. The predicted octanol–water partition coefficient (Wildman–Crippen LogP) is 7.78. The predicted molar refractivity (Wildman–Crippen MR) is 183 cm³/mol. The van der Waals surface area contributed by atoms with Crippen LogP contribution in [0.25, 0.3) is 0 Å². The smallest absolute Gasteiger partial charge is 0.306 e. The van der Waals surface area contributed by atoms with Crippen molar-refractivity contribution < 1.29 is 39.2 Å². The third kappa shape index (κ3) is 20.5. The summed E-state index contributed by atoms with van der Waals surface area (Å²) in [6.07, 6.45) is 21.7. The van der Waals surface area contributed by atoms with Crippen molar-refractivity contribution in [3.05, 3.63) is 12.2 Å². The van der Waals surface area contributed by atoms with Crippen molar-refractivity contribution in [2.24, 2.45) is 17.8 Å². The maximum absolute atomic E-state index is 12.4. The Morgan fingerprint density at radius 2 is 1.43 bits per heavy atom. The van der Waals surface area contributed by atoms with Gasteiger partial charge in [0.1, 0.15) is 12.4 Å². The fourth-order valence-corrected chi connectivity index (χ4v) is 6.20. The Balaban J connectivity index is 2.13. The van der Waals surface area contributed by atoms with Gasteiger partial charge >= 0.3 is 11.9 Å². The molecule has 8 heteroatoms. The molecule has 6 atom stereocenters. The van der Waals surface area contributed by atoms with Crippen LogP contribution in [0, 0.1) is 17.8 Å². The van der Waals surface area contributed by atoms with E-state index in [0.717, 1.165) is 70.1 Å².